The summed E-state index contributed by atoms with van der Waals surface area (Å²) < 4.78 is 51.2. The molecule has 6 heteroatoms. The van der Waals surface area contributed by atoms with Crippen molar-refractivity contribution >= 4 is 11.8 Å². The van der Waals surface area contributed by atoms with Gasteiger partial charge in [0, 0.05) is 18.3 Å². The van der Waals surface area contributed by atoms with E-state index in [1.165, 1.54) is 6.07 Å². The molecule has 0 saturated heterocycles. The summed E-state index contributed by atoms with van der Waals surface area (Å²) in [5, 5.41) is 3.02. The van der Waals surface area contributed by atoms with Gasteiger partial charge in [-0.1, -0.05) is 13.0 Å². The lowest BCUT2D eigenvalue weighted by Crippen LogP contribution is -2.28. The van der Waals surface area contributed by atoms with Crippen LogP contribution in [-0.4, -0.2) is 17.5 Å². The molecule has 0 radical (unpaired) electrons. The van der Waals surface area contributed by atoms with Crippen molar-refractivity contribution < 1.29 is 17.6 Å². The maximum atomic E-state index is 12.9. The van der Waals surface area contributed by atoms with Gasteiger partial charge in [0.15, 0.2) is 0 Å². The van der Waals surface area contributed by atoms with Crippen LogP contribution in [0.2, 0.25) is 0 Å². The molecule has 0 aliphatic rings. The molecule has 1 atom stereocenters. The highest BCUT2D eigenvalue weighted by molar-refractivity contribution is 7.99. The SMILES string of the molecule is CCSCC(C)NCc1ccc(F)cc1C(F)(F)F. The predicted molar refractivity (Wildman–Crippen MR) is 70.7 cm³/mol. The zero-order valence-electron chi connectivity index (χ0n) is 10.9. The summed E-state index contributed by atoms with van der Waals surface area (Å²) in [5.41, 5.74) is -0.836. The van der Waals surface area contributed by atoms with Crippen molar-refractivity contribution in [1.29, 1.82) is 0 Å². The Kier molecular flexibility index (Phi) is 6.13. The number of benzene rings is 1. The first kappa shape index (κ1) is 16.3. The van der Waals surface area contributed by atoms with E-state index < -0.39 is 17.6 Å². The van der Waals surface area contributed by atoms with Crippen LogP contribution in [0.15, 0.2) is 18.2 Å². The van der Waals surface area contributed by atoms with Gasteiger partial charge in [0.25, 0.3) is 0 Å². The molecule has 1 unspecified atom stereocenters. The molecule has 1 nitrogen and oxygen atoms in total. The van der Waals surface area contributed by atoms with E-state index in [0.717, 1.165) is 17.6 Å². The standard InChI is InChI=1S/C13H17F4NS/c1-3-19-8-9(2)18-7-10-4-5-11(14)6-12(10)13(15,16)17/h4-6,9,18H,3,7-8H2,1-2H3. The molecule has 1 aromatic carbocycles. The summed E-state index contributed by atoms with van der Waals surface area (Å²) in [6.07, 6.45) is -4.53. The largest absolute Gasteiger partial charge is 0.416 e. The average molecular weight is 295 g/mol. The average Bonchev–Trinajstić information content (AvgIpc) is 2.33. The fourth-order valence-corrected chi connectivity index (χ4v) is 2.31. The number of halogens is 4. The van der Waals surface area contributed by atoms with Gasteiger partial charge in [0.2, 0.25) is 0 Å². The van der Waals surface area contributed by atoms with E-state index in [1.54, 1.807) is 11.8 Å². The minimum atomic E-state index is -4.53. The molecule has 0 aromatic heterocycles. The van der Waals surface area contributed by atoms with Crippen LogP contribution in [0.3, 0.4) is 0 Å². The van der Waals surface area contributed by atoms with Crippen LogP contribution >= 0.6 is 11.8 Å². The first-order valence-electron chi connectivity index (χ1n) is 6.01. The van der Waals surface area contributed by atoms with Crippen molar-refractivity contribution in [2.75, 3.05) is 11.5 Å². The molecule has 0 aliphatic heterocycles. The molecule has 1 rings (SSSR count). The number of hydrogen-bond donors (Lipinski definition) is 1. The Labute approximate surface area is 114 Å². The lowest BCUT2D eigenvalue weighted by Gasteiger charge is -2.16. The number of thioether (sulfide) groups is 1. The molecule has 0 saturated carbocycles. The number of nitrogens with one attached hydrogen (secondary N) is 1. The van der Waals surface area contributed by atoms with Gasteiger partial charge in [-0.15, -0.1) is 0 Å². The first-order chi connectivity index (χ1) is 8.84. The zero-order valence-corrected chi connectivity index (χ0v) is 11.7. The molecule has 0 spiro atoms. The molecule has 1 N–H and O–H groups in total. The van der Waals surface area contributed by atoms with Crippen molar-refractivity contribution in [2.45, 2.75) is 32.6 Å². The fraction of sp³-hybridized carbons (Fsp3) is 0.538. The minimum absolute atomic E-state index is 0.0715. The Morgan fingerprint density at radius 2 is 2.00 bits per heavy atom. The highest BCUT2D eigenvalue weighted by Gasteiger charge is 2.33. The van der Waals surface area contributed by atoms with Crippen molar-refractivity contribution in [1.82, 2.24) is 5.32 Å². The summed E-state index contributed by atoms with van der Waals surface area (Å²) in [4.78, 5) is 0. The molecular weight excluding hydrogens is 278 g/mol. The van der Waals surface area contributed by atoms with Gasteiger partial charge >= 0.3 is 6.18 Å². The Morgan fingerprint density at radius 1 is 1.32 bits per heavy atom. The minimum Gasteiger partial charge on any atom is -0.309 e. The monoisotopic (exact) mass is 295 g/mol. The summed E-state index contributed by atoms with van der Waals surface area (Å²) >= 11 is 1.72. The van der Waals surface area contributed by atoms with Crippen LogP contribution in [0.1, 0.15) is 25.0 Å². The third-order valence-corrected chi connectivity index (χ3v) is 3.73. The van der Waals surface area contributed by atoms with Gasteiger partial charge < -0.3 is 5.32 Å². The third-order valence-electron chi connectivity index (χ3n) is 2.59. The van der Waals surface area contributed by atoms with E-state index >= 15 is 0 Å². The van der Waals surface area contributed by atoms with Gasteiger partial charge in [-0.2, -0.15) is 24.9 Å². The van der Waals surface area contributed by atoms with E-state index in [9.17, 15) is 17.6 Å². The third kappa shape index (κ3) is 5.40. The van der Waals surface area contributed by atoms with E-state index in [4.69, 9.17) is 0 Å². The smallest absolute Gasteiger partial charge is 0.309 e. The van der Waals surface area contributed by atoms with Crippen LogP contribution in [0.25, 0.3) is 0 Å². The van der Waals surface area contributed by atoms with Crippen LogP contribution in [0.4, 0.5) is 17.6 Å². The van der Waals surface area contributed by atoms with Gasteiger partial charge in [-0.05, 0) is 30.4 Å². The second-order valence-electron chi connectivity index (χ2n) is 4.24. The highest BCUT2D eigenvalue weighted by Crippen LogP contribution is 2.32. The van der Waals surface area contributed by atoms with Crippen molar-refractivity contribution in [3.05, 3.63) is 35.1 Å². The van der Waals surface area contributed by atoms with Crippen LogP contribution in [0, 0.1) is 5.82 Å². The Bertz CT molecular complexity index is 406. The molecular formula is C13H17F4NS. The Morgan fingerprint density at radius 3 is 2.58 bits per heavy atom. The van der Waals surface area contributed by atoms with Gasteiger partial charge in [-0.25, -0.2) is 4.39 Å². The molecule has 0 aliphatic carbocycles. The van der Waals surface area contributed by atoms with E-state index in [1.807, 2.05) is 13.8 Å². The quantitative estimate of drug-likeness (QED) is 0.794. The first-order valence-corrected chi connectivity index (χ1v) is 7.16. The molecule has 0 amide bonds. The highest BCUT2D eigenvalue weighted by atomic mass is 32.2. The Hall–Kier alpha value is -0.750. The van der Waals surface area contributed by atoms with E-state index in [2.05, 4.69) is 5.32 Å². The maximum absolute atomic E-state index is 12.9. The predicted octanol–water partition coefficient (Wildman–Crippen LogP) is 4.08. The summed E-state index contributed by atoms with van der Waals surface area (Å²) in [5.74, 6) is 0.931. The topological polar surface area (TPSA) is 12.0 Å². The van der Waals surface area contributed by atoms with Crippen LogP contribution < -0.4 is 5.32 Å². The van der Waals surface area contributed by atoms with Crippen molar-refractivity contribution in [3.63, 3.8) is 0 Å². The van der Waals surface area contributed by atoms with Gasteiger partial charge in [0.1, 0.15) is 5.82 Å². The van der Waals surface area contributed by atoms with Crippen LogP contribution in [0.5, 0.6) is 0 Å². The fourth-order valence-electron chi connectivity index (χ4n) is 1.60. The second-order valence-corrected chi connectivity index (χ2v) is 5.56. The van der Waals surface area contributed by atoms with Gasteiger partial charge in [-0.3, -0.25) is 0 Å². The van der Waals surface area contributed by atoms with Crippen molar-refractivity contribution in [2.24, 2.45) is 0 Å². The normalized spacial score (nSPS) is 13.6. The summed E-state index contributed by atoms with van der Waals surface area (Å²) in [6, 6.07) is 2.89. The van der Waals surface area contributed by atoms with E-state index in [0.29, 0.717) is 6.07 Å². The summed E-state index contributed by atoms with van der Waals surface area (Å²) in [6.45, 7) is 4.03. The number of rotatable bonds is 6. The van der Waals surface area contributed by atoms with Crippen molar-refractivity contribution in [3.8, 4) is 0 Å². The second kappa shape index (κ2) is 7.14. The molecule has 0 fully saturated rings. The Balaban J connectivity index is 2.73. The molecule has 108 valence electrons. The molecule has 1 aromatic rings. The summed E-state index contributed by atoms with van der Waals surface area (Å²) in [7, 11) is 0. The molecule has 19 heavy (non-hydrogen) atoms. The lowest BCUT2D eigenvalue weighted by atomic mass is 10.1. The van der Waals surface area contributed by atoms with Gasteiger partial charge in [0.05, 0.1) is 5.56 Å². The number of hydrogen-bond acceptors (Lipinski definition) is 2. The van der Waals surface area contributed by atoms with Crippen LogP contribution in [-0.2, 0) is 12.7 Å². The molecule has 0 heterocycles. The molecule has 0 bridgehead atoms. The zero-order chi connectivity index (χ0) is 14.5. The maximum Gasteiger partial charge on any atom is 0.416 e. The number of alkyl halides is 3. The van der Waals surface area contributed by atoms with E-state index in [-0.39, 0.29) is 18.2 Å². The lowest BCUT2D eigenvalue weighted by molar-refractivity contribution is -0.138.